The van der Waals surface area contributed by atoms with Crippen LogP contribution in [0.25, 0.3) is 11.0 Å². The van der Waals surface area contributed by atoms with Crippen molar-refractivity contribution in [2.24, 2.45) is 0 Å². The molecule has 1 amide bonds. The Balaban J connectivity index is 1.46. The molecule has 190 valence electrons. The lowest BCUT2D eigenvalue weighted by atomic mass is 9.97. The van der Waals surface area contributed by atoms with Crippen LogP contribution in [0.15, 0.2) is 54.1 Å². The summed E-state index contributed by atoms with van der Waals surface area (Å²) in [5.74, 6) is 0.486. The van der Waals surface area contributed by atoms with Gasteiger partial charge in [-0.2, -0.15) is 4.98 Å². The van der Waals surface area contributed by atoms with E-state index in [0.717, 1.165) is 50.0 Å². The summed E-state index contributed by atoms with van der Waals surface area (Å²) in [6.07, 6.45) is 6.77. The molecule has 36 heavy (non-hydrogen) atoms. The second-order valence-electron chi connectivity index (χ2n) is 9.16. The van der Waals surface area contributed by atoms with E-state index < -0.39 is 0 Å². The Bertz CT molecular complexity index is 1260. The van der Waals surface area contributed by atoms with Gasteiger partial charge in [0.25, 0.3) is 0 Å². The van der Waals surface area contributed by atoms with Crippen LogP contribution in [0.1, 0.15) is 56.8 Å². The Kier molecular flexibility index (Phi) is 8.10. The number of piperazine rings is 1. The Morgan fingerprint density at radius 2 is 1.75 bits per heavy atom. The van der Waals surface area contributed by atoms with Gasteiger partial charge in [0.2, 0.25) is 11.9 Å². The van der Waals surface area contributed by atoms with Crippen molar-refractivity contribution in [1.29, 1.82) is 0 Å². The molecule has 0 saturated carbocycles. The number of aromatic nitrogens is 4. The van der Waals surface area contributed by atoms with Crippen LogP contribution in [0.2, 0.25) is 0 Å². The molecule has 1 aromatic carbocycles. The molecular formula is C27H35N7O2. The number of aryl methyl sites for hydroxylation is 1. The van der Waals surface area contributed by atoms with E-state index in [0.29, 0.717) is 24.2 Å². The third kappa shape index (κ3) is 5.46. The van der Waals surface area contributed by atoms with Crippen molar-refractivity contribution in [2.45, 2.75) is 52.2 Å². The number of carbonyl (C=O) groups is 1. The van der Waals surface area contributed by atoms with Crippen LogP contribution in [-0.2, 0) is 11.3 Å². The molecule has 0 spiro atoms. The lowest BCUT2D eigenvalue weighted by Gasteiger charge is -2.39. The van der Waals surface area contributed by atoms with Gasteiger partial charge in [0.15, 0.2) is 5.65 Å². The quantitative estimate of drug-likeness (QED) is 0.459. The molecular weight excluding hydrogens is 454 g/mol. The van der Waals surface area contributed by atoms with Gasteiger partial charge >= 0.3 is 5.69 Å². The van der Waals surface area contributed by atoms with Crippen LogP contribution in [0.3, 0.4) is 0 Å². The van der Waals surface area contributed by atoms with Gasteiger partial charge in [0.05, 0.1) is 11.4 Å². The number of fused-ring (bicyclic) bond motifs is 1. The Labute approximate surface area is 211 Å². The third-order valence-electron chi connectivity index (χ3n) is 6.88. The maximum absolute atomic E-state index is 12.1. The molecule has 0 aliphatic carbocycles. The van der Waals surface area contributed by atoms with Crippen molar-refractivity contribution >= 4 is 22.9 Å². The highest BCUT2D eigenvalue weighted by Gasteiger charge is 2.26. The summed E-state index contributed by atoms with van der Waals surface area (Å²) < 4.78 is 1.54. The summed E-state index contributed by atoms with van der Waals surface area (Å²) in [6, 6.07) is 9.03. The molecule has 1 fully saturated rings. The number of rotatable bonds is 9. The number of hydrogen-bond donors (Lipinski definition) is 1. The molecule has 1 aliphatic rings. The highest BCUT2D eigenvalue weighted by atomic mass is 16.2. The zero-order valence-electron chi connectivity index (χ0n) is 21.4. The van der Waals surface area contributed by atoms with Gasteiger partial charge in [-0.15, -0.1) is 0 Å². The number of carbonyl (C=O) groups excluding carboxylic acids is 1. The summed E-state index contributed by atoms with van der Waals surface area (Å²) in [7, 11) is 0. The van der Waals surface area contributed by atoms with Gasteiger partial charge in [0.1, 0.15) is 0 Å². The monoisotopic (exact) mass is 489 g/mol. The molecule has 0 radical (unpaired) electrons. The summed E-state index contributed by atoms with van der Waals surface area (Å²) in [4.78, 5) is 41.3. The number of nitrogens with one attached hydrogen (secondary N) is 1. The van der Waals surface area contributed by atoms with Gasteiger partial charge in [-0.05, 0) is 37.5 Å². The normalized spacial score (nSPS) is 16.0. The van der Waals surface area contributed by atoms with Gasteiger partial charge in [-0.1, -0.05) is 44.2 Å². The average Bonchev–Trinajstić information content (AvgIpc) is 2.91. The first-order valence-corrected chi connectivity index (χ1v) is 12.7. The first kappa shape index (κ1) is 25.5. The van der Waals surface area contributed by atoms with Gasteiger partial charge in [0, 0.05) is 51.2 Å². The van der Waals surface area contributed by atoms with E-state index in [4.69, 9.17) is 0 Å². The summed E-state index contributed by atoms with van der Waals surface area (Å²) >= 11 is 0. The molecule has 2 atom stereocenters. The number of hydrogen-bond acceptors (Lipinski definition) is 7. The number of amides is 1. The van der Waals surface area contributed by atoms with E-state index in [1.807, 2.05) is 11.8 Å². The molecule has 1 N–H and O–H groups in total. The first-order chi connectivity index (χ1) is 17.4. The molecule has 1 saturated heterocycles. The van der Waals surface area contributed by atoms with Gasteiger partial charge in [-0.3, -0.25) is 14.3 Å². The molecule has 4 rings (SSSR count). The Morgan fingerprint density at radius 1 is 1.08 bits per heavy atom. The predicted octanol–water partition coefficient (Wildman–Crippen LogP) is 3.55. The van der Waals surface area contributed by atoms with Crippen molar-refractivity contribution in [3.63, 3.8) is 0 Å². The van der Waals surface area contributed by atoms with E-state index in [-0.39, 0.29) is 17.6 Å². The lowest BCUT2D eigenvalue weighted by Crippen LogP contribution is -2.49. The van der Waals surface area contributed by atoms with Crippen LogP contribution >= 0.6 is 0 Å². The van der Waals surface area contributed by atoms with Gasteiger partial charge < -0.3 is 10.2 Å². The molecule has 3 aromatic rings. The lowest BCUT2D eigenvalue weighted by molar-refractivity contribution is -0.128. The third-order valence-corrected chi connectivity index (χ3v) is 6.88. The smallest absolute Gasteiger partial charge is 0.348 e. The SMILES string of the molecule is C=CC(=O)N1CCN([C@H](CCC)c2ccc([C@H](C)Nc3ncc4cnc(=O)n(CC)c4n3)cc2)CC1. The van der Waals surface area contributed by atoms with Gasteiger partial charge in [-0.25, -0.2) is 14.8 Å². The van der Waals surface area contributed by atoms with Crippen molar-refractivity contribution in [2.75, 3.05) is 31.5 Å². The second-order valence-corrected chi connectivity index (χ2v) is 9.16. The summed E-state index contributed by atoms with van der Waals surface area (Å²) in [5.41, 5.74) is 2.68. The number of anilines is 1. The van der Waals surface area contributed by atoms with E-state index in [2.05, 4.69) is 69.9 Å². The van der Waals surface area contributed by atoms with E-state index in [1.54, 1.807) is 10.8 Å². The first-order valence-electron chi connectivity index (χ1n) is 12.7. The van der Waals surface area contributed by atoms with Crippen molar-refractivity contribution in [1.82, 2.24) is 29.3 Å². The van der Waals surface area contributed by atoms with Crippen LogP contribution in [0.5, 0.6) is 0 Å². The van der Waals surface area contributed by atoms with Crippen LogP contribution in [-0.4, -0.2) is 61.4 Å². The molecule has 0 unspecified atom stereocenters. The predicted molar refractivity (Wildman–Crippen MR) is 142 cm³/mol. The molecule has 0 bridgehead atoms. The summed E-state index contributed by atoms with van der Waals surface area (Å²) in [6.45, 7) is 13.5. The fourth-order valence-electron chi connectivity index (χ4n) is 4.83. The van der Waals surface area contributed by atoms with Crippen LogP contribution in [0, 0.1) is 0 Å². The highest BCUT2D eigenvalue weighted by Crippen LogP contribution is 2.28. The minimum Gasteiger partial charge on any atom is -0.348 e. The van der Waals surface area contributed by atoms with Crippen molar-refractivity contribution < 1.29 is 4.79 Å². The standard InChI is InChI=1S/C27H35N7O2/c1-5-8-23(32-13-15-33(16-14-32)24(35)6-2)21-11-9-20(10-12-21)19(4)30-26-28-17-22-18-29-27(36)34(7-3)25(22)31-26/h6,9-12,17-19,23H,2,5,7-8,13-16H2,1,3-4H3,(H,28,30,31)/t19-,23+/m0/s1. The van der Waals surface area contributed by atoms with Crippen molar-refractivity contribution in [3.8, 4) is 0 Å². The van der Waals surface area contributed by atoms with E-state index >= 15 is 0 Å². The molecule has 1 aliphatic heterocycles. The largest absolute Gasteiger partial charge is 0.349 e. The van der Waals surface area contributed by atoms with E-state index in [1.165, 1.54) is 17.8 Å². The van der Waals surface area contributed by atoms with Crippen LogP contribution < -0.4 is 11.0 Å². The second kappa shape index (κ2) is 11.4. The molecule has 3 heterocycles. The maximum atomic E-state index is 12.1. The number of benzene rings is 1. The zero-order valence-corrected chi connectivity index (χ0v) is 21.4. The molecule has 9 nitrogen and oxygen atoms in total. The molecule has 9 heteroatoms. The van der Waals surface area contributed by atoms with Crippen LogP contribution in [0.4, 0.5) is 5.95 Å². The zero-order chi connectivity index (χ0) is 25.7. The Hall–Kier alpha value is -3.59. The minimum absolute atomic E-state index is 0.0116. The fraction of sp³-hybridized carbons (Fsp3) is 0.444. The summed E-state index contributed by atoms with van der Waals surface area (Å²) in [5, 5.41) is 4.10. The minimum atomic E-state index is -0.311. The van der Waals surface area contributed by atoms with E-state index in [9.17, 15) is 9.59 Å². The topological polar surface area (TPSA) is 96.3 Å². The average molecular weight is 490 g/mol. The maximum Gasteiger partial charge on any atom is 0.349 e. The fourth-order valence-corrected chi connectivity index (χ4v) is 4.83. The molecule has 2 aromatic heterocycles. The Morgan fingerprint density at radius 3 is 2.39 bits per heavy atom. The highest BCUT2D eigenvalue weighted by molar-refractivity contribution is 5.87. The van der Waals surface area contributed by atoms with Crippen molar-refractivity contribution in [3.05, 3.63) is 70.9 Å². The number of nitrogens with zero attached hydrogens (tertiary/aromatic N) is 6.